The minimum atomic E-state index is -0.972. The van der Waals surface area contributed by atoms with Crippen molar-refractivity contribution in [2.24, 2.45) is 0 Å². The molecule has 1 unspecified atom stereocenters. The van der Waals surface area contributed by atoms with E-state index in [1.54, 1.807) is 7.11 Å². The van der Waals surface area contributed by atoms with Gasteiger partial charge in [-0.15, -0.1) is 0 Å². The van der Waals surface area contributed by atoms with Gasteiger partial charge in [-0.1, -0.05) is 31.4 Å². The second kappa shape index (κ2) is 5.66. The Hall–Kier alpha value is -1.84. The lowest BCUT2D eigenvalue weighted by Gasteiger charge is -2.30. The number of alkyl halides is 1. The summed E-state index contributed by atoms with van der Waals surface area (Å²) in [5, 5.41) is 0. The molecule has 23 heavy (non-hydrogen) atoms. The van der Waals surface area contributed by atoms with E-state index in [1.165, 1.54) is 12.0 Å². The molecule has 1 atom stereocenters. The number of aromatic nitrogens is 2. The van der Waals surface area contributed by atoms with E-state index >= 15 is 0 Å². The molecule has 2 aromatic rings. The van der Waals surface area contributed by atoms with E-state index in [2.05, 4.69) is 15.6 Å². The first kappa shape index (κ1) is 14.7. The van der Waals surface area contributed by atoms with E-state index in [0.717, 1.165) is 49.1 Å². The van der Waals surface area contributed by atoms with Crippen LogP contribution in [0.2, 0.25) is 0 Å². The SMILES string of the molecule is COc1cccc2c1-c1cncn1C2CCC1(F)CCCCC1. The monoisotopic (exact) mass is 314 g/mol. The quantitative estimate of drug-likeness (QED) is 0.801. The van der Waals surface area contributed by atoms with Gasteiger partial charge in [-0.05, 0) is 37.3 Å². The Balaban J connectivity index is 1.63. The molecule has 122 valence electrons. The van der Waals surface area contributed by atoms with Gasteiger partial charge >= 0.3 is 0 Å². The lowest BCUT2D eigenvalue weighted by Crippen LogP contribution is -2.27. The molecule has 1 aliphatic carbocycles. The van der Waals surface area contributed by atoms with Gasteiger partial charge in [0.25, 0.3) is 0 Å². The average molecular weight is 314 g/mol. The minimum Gasteiger partial charge on any atom is -0.496 e. The van der Waals surface area contributed by atoms with Crippen molar-refractivity contribution in [3.8, 4) is 17.0 Å². The third-order valence-electron chi connectivity index (χ3n) is 5.51. The summed E-state index contributed by atoms with van der Waals surface area (Å²) >= 11 is 0. The molecule has 0 radical (unpaired) electrons. The predicted molar refractivity (Wildman–Crippen MR) is 88.5 cm³/mol. The molecule has 0 bridgehead atoms. The van der Waals surface area contributed by atoms with Gasteiger partial charge in [0.2, 0.25) is 0 Å². The molecule has 0 saturated heterocycles. The maximum absolute atomic E-state index is 15.0. The zero-order valence-electron chi connectivity index (χ0n) is 13.6. The van der Waals surface area contributed by atoms with Gasteiger partial charge in [-0.25, -0.2) is 9.37 Å². The van der Waals surface area contributed by atoms with Crippen molar-refractivity contribution in [2.75, 3.05) is 7.11 Å². The Morgan fingerprint density at radius 3 is 2.91 bits per heavy atom. The number of hydrogen-bond donors (Lipinski definition) is 0. The summed E-state index contributed by atoms with van der Waals surface area (Å²) < 4.78 is 22.7. The fraction of sp³-hybridized carbons (Fsp3) is 0.526. The molecule has 3 nitrogen and oxygen atoms in total. The number of ether oxygens (including phenoxy) is 1. The fourth-order valence-electron chi connectivity index (χ4n) is 4.29. The van der Waals surface area contributed by atoms with Crippen LogP contribution in [0.5, 0.6) is 5.75 Å². The first-order valence-corrected chi connectivity index (χ1v) is 8.60. The number of halogens is 1. The van der Waals surface area contributed by atoms with Crippen molar-refractivity contribution in [1.82, 2.24) is 9.55 Å². The Morgan fingerprint density at radius 1 is 1.30 bits per heavy atom. The summed E-state index contributed by atoms with van der Waals surface area (Å²) in [6.45, 7) is 0. The van der Waals surface area contributed by atoms with E-state index in [4.69, 9.17) is 4.74 Å². The summed E-state index contributed by atoms with van der Waals surface area (Å²) in [5.41, 5.74) is 2.47. The Kier molecular flexibility index (Phi) is 3.63. The van der Waals surface area contributed by atoms with Crippen LogP contribution >= 0.6 is 0 Å². The molecule has 0 spiro atoms. The second-order valence-corrected chi connectivity index (χ2v) is 6.88. The van der Waals surface area contributed by atoms with Gasteiger partial charge in [0, 0.05) is 5.56 Å². The summed E-state index contributed by atoms with van der Waals surface area (Å²) in [5.74, 6) is 0.874. The molecular weight excluding hydrogens is 291 g/mol. The number of benzene rings is 1. The highest BCUT2D eigenvalue weighted by molar-refractivity contribution is 5.75. The van der Waals surface area contributed by atoms with Gasteiger partial charge < -0.3 is 9.30 Å². The topological polar surface area (TPSA) is 27.1 Å². The highest BCUT2D eigenvalue weighted by Crippen LogP contribution is 2.47. The number of rotatable bonds is 4. The van der Waals surface area contributed by atoms with E-state index in [1.807, 2.05) is 24.7 Å². The van der Waals surface area contributed by atoms with Crippen molar-refractivity contribution in [3.05, 3.63) is 36.3 Å². The van der Waals surface area contributed by atoms with E-state index in [-0.39, 0.29) is 6.04 Å². The second-order valence-electron chi connectivity index (χ2n) is 6.88. The largest absolute Gasteiger partial charge is 0.496 e. The van der Waals surface area contributed by atoms with Crippen LogP contribution in [0.15, 0.2) is 30.7 Å². The standard InChI is InChI=1S/C19H23FN2O/c1-23-17-7-5-6-14-15(22-13-21-12-16(22)18(14)17)8-11-19(20)9-3-2-4-10-19/h5-7,12-13,15H,2-4,8-11H2,1H3. The average Bonchev–Trinajstić information content (AvgIpc) is 3.14. The first-order valence-electron chi connectivity index (χ1n) is 8.60. The van der Waals surface area contributed by atoms with Gasteiger partial charge in [0.1, 0.15) is 11.4 Å². The molecule has 1 aromatic heterocycles. The lowest BCUT2D eigenvalue weighted by atomic mass is 9.82. The molecule has 4 rings (SSSR count). The van der Waals surface area contributed by atoms with Gasteiger partial charge in [0.15, 0.2) is 0 Å². The number of imidazole rings is 1. The van der Waals surface area contributed by atoms with Crippen LogP contribution in [0.25, 0.3) is 11.3 Å². The highest BCUT2D eigenvalue weighted by atomic mass is 19.1. The van der Waals surface area contributed by atoms with Crippen LogP contribution in [0.1, 0.15) is 56.6 Å². The van der Waals surface area contributed by atoms with Crippen molar-refractivity contribution in [2.45, 2.75) is 56.7 Å². The van der Waals surface area contributed by atoms with Crippen LogP contribution in [0, 0.1) is 0 Å². The number of methoxy groups -OCH3 is 1. The molecule has 0 N–H and O–H groups in total. The number of fused-ring (bicyclic) bond motifs is 3. The molecule has 1 fully saturated rings. The Labute approximate surface area is 136 Å². The maximum Gasteiger partial charge on any atom is 0.128 e. The van der Waals surface area contributed by atoms with Gasteiger partial charge in [-0.2, -0.15) is 0 Å². The van der Waals surface area contributed by atoms with E-state index in [9.17, 15) is 4.39 Å². The Morgan fingerprint density at radius 2 is 2.13 bits per heavy atom. The molecule has 1 aliphatic heterocycles. The predicted octanol–water partition coefficient (Wildman–Crippen LogP) is 4.91. The summed E-state index contributed by atoms with van der Waals surface area (Å²) in [6.07, 6.45) is 9.89. The zero-order chi connectivity index (χ0) is 15.9. The lowest BCUT2D eigenvalue weighted by molar-refractivity contribution is 0.0903. The zero-order valence-corrected chi connectivity index (χ0v) is 13.6. The Bertz CT molecular complexity index is 703. The normalized spacial score (nSPS) is 21.7. The molecule has 0 amide bonds. The molecule has 1 aromatic carbocycles. The van der Waals surface area contributed by atoms with Crippen molar-refractivity contribution in [1.29, 1.82) is 0 Å². The minimum absolute atomic E-state index is 0.173. The first-order chi connectivity index (χ1) is 11.2. The van der Waals surface area contributed by atoms with E-state index in [0.29, 0.717) is 6.42 Å². The third-order valence-corrected chi connectivity index (χ3v) is 5.51. The summed E-state index contributed by atoms with van der Waals surface area (Å²) in [4.78, 5) is 4.29. The molecule has 1 saturated carbocycles. The van der Waals surface area contributed by atoms with E-state index < -0.39 is 5.67 Å². The highest BCUT2D eigenvalue weighted by Gasteiger charge is 2.36. The van der Waals surface area contributed by atoms with Crippen molar-refractivity contribution < 1.29 is 9.13 Å². The number of hydrogen-bond acceptors (Lipinski definition) is 2. The van der Waals surface area contributed by atoms with Crippen LogP contribution < -0.4 is 4.74 Å². The van der Waals surface area contributed by atoms with Crippen LogP contribution in [-0.2, 0) is 0 Å². The fourth-order valence-corrected chi connectivity index (χ4v) is 4.29. The molecule has 2 heterocycles. The molecule has 2 aliphatic rings. The summed E-state index contributed by atoms with van der Waals surface area (Å²) in [6, 6.07) is 6.32. The van der Waals surface area contributed by atoms with Gasteiger partial charge in [-0.3, -0.25) is 0 Å². The van der Waals surface area contributed by atoms with Crippen molar-refractivity contribution >= 4 is 0 Å². The molecule has 4 heteroatoms. The maximum atomic E-state index is 15.0. The van der Waals surface area contributed by atoms with Crippen molar-refractivity contribution in [3.63, 3.8) is 0 Å². The van der Waals surface area contributed by atoms with Crippen LogP contribution in [0.3, 0.4) is 0 Å². The summed E-state index contributed by atoms with van der Waals surface area (Å²) in [7, 11) is 1.70. The third kappa shape index (κ3) is 2.44. The smallest absolute Gasteiger partial charge is 0.128 e. The molecular formula is C19H23FN2O. The number of nitrogens with zero attached hydrogens (tertiary/aromatic N) is 2. The van der Waals surface area contributed by atoms with Crippen LogP contribution in [-0.4, -0.2) is 22.3 Å². The van der Waals surface area contributed by atoms with Crippen LogP contribution in [0.4, 0.5) is 4.39 Å². The van der Waals surface area contributed by atoms with Gasteiger partial charge in [0.05, 0.1) is 31.4 Å².